The number of fused-ring (bicyclic) bond motifs is 1. The van der Waals surface area contributed by atoms with Crippen LogP contribution in [0.2, 0.25) is 0 Å². The highest BCUT2D eigenvalue weighted by Gasteiger charge is 2.18. The predicted octanol–water partition coefficient (Wildman–Crippen LogP) is 2.67. The van der Waals surface area contributed by atoms with E-state index in [9.17, 15) is 9.18 Å². The van der Waals surface area contributed by atoms with E-state index in [0.717, 1.165) is 11.3 Å². The van der Waals surface area contributed by atoms with Gasteiger partial charge in [0.15, 0.2) is 0 Å². The van der Waals surface area contributed by atoms with Crippen LogP contribution in [0.4, 0.5) is 15.8 Å². The highest BCUT2D eigenvalue weighted by Crippen LogP contribution is 2.30. The number of anilines is 2. The maximum atomic E-state index is 14.1. The van der Waals surface area contributed by atoms with Crippen LogP contribution in [-0.2, 0) is 11.2 Å². The Morgan fingerprint density at radius 2 is 2.19 bits per heavy atom. The van der Waals surface area contributed by atoms with Crippen LogP contribution in [0, 0.1) is 5.82 Å². The van der Waals surface area contributed by atoms with Gasteiger partial charge < -0.3 is 10.6 Å². The molecule has 1 aromatic carbocycles. The van der Waals surface area contributed by atoms with Crippen LogP contribution in [0.15, 0.2) is 30.7 Å². The van der Waals surface area contributed by atoms with Crippen molar-refractivity contribution in [1.82, 2.24) is 9.97 Å². The van der Waals surface area contributed by atoms with Crippen LogP contribution < -0.4 is 10.6 Å². The number of nitrogens with zero attached hydrogens (tertiary/aromatic N) is 2. The van der Waals surface area contributed by atoms with Gasteiger partial charge in [-0.05, 0) is 31.0 Å². The van der Waals surface area contributed by atoms with Crippen molar-refractivity contribution < 1.29 is 9.18 Å². The van der Waals surface area contributed by atoms with Crippen LogP contribution in [0.25, 0.3) is 0 Å². The largest absolute Gasteiger partial charge is 0.374 e. The minimum atomic E-state index is -0.333. The zero-order chi connectivity index (χ0) is 14.8. The molecule has 1 aromatic heterocycles. The summed E-state index contributed by atoms with van der Waals surface area (Å²) in [5.41, 5.74) is 2.55. The standard InChI is InChI=1S/C15H15FN4O/c1-9(14-8-17-4-5-18-14)19-13-7-12-10(6-11(13)16)2-3-15(21)20-12/h4-9,19H,2-3H2,1H3,(H,20,21). The summed E-state index contributed by atoms with van der Waals surface area (Å²) in [6.07, 6.45) is 5.78. The van der Waals surface area contributed by atoms with Crippen LogP contribution in [0.1, 0.15) is 30.6 Å². The first-order valence-corrected chi connectivity index (χ1v) is 6.78. The Morgan fingerprint density at radius 3 is 2.95 bits per heavy atom. The number of hydrogen-bond acceptors (Lipinski definition) is 4. The first kappa shape index (κ1) is 13.5. The molecule has 1 atom stereocenters. The number of carbonyl (C=O) groups is 1. The summed E-state index contributed by atoms with van der Waals surface area (Å²) in [7, 11) is 0. The third kappa shape index (κ3) is 2.84. The summed E-state index contributed by atoms with van der Waals surface area (Å²) in [4.78, 5) is 19.6. The second-order valence-electron chi connectivity index (χ2n) is 5.03. The molecule has 2 heterocycles. The van der Waals surface area contributed by atoms with E-state index in [4.69, 9.17) is 0 Å². The van der Waals surface area contributed by atoms with Gasteiger partial charge in [0.2, 0.25) is 5.91 Å². The Bertz CT molecular complexity index is 675. The first-order chi connectivity index (χ1) is 10.1. The summed E-state index contributed by atoms with van der Waals surface area (Å²) in [6, 6.07) is 2.92. The fraction of sp³-hybridized carbons (Fsp3) is 0.267. The number of aryl methyl sites for hydroxylation is 1. The summed E-state index contributed by atoms with van der Waals surface area (Å²) < 4.78 is 14.1. The molecule has 0 saturated heterocycles. The van der Waals surface area contributed by atoms with E-state index in [0.29, 0.717) is 24.2 Å². The third-order valence-electron chi connectivity index (χ3n) is 3.49. The highest BCUT2D eigenvalue weighted by molar-refractivity contribution is 5.94. The summed E-state index contributed by atoms with van der Waals surface area (Å²) >= 11 is 0. The van der Waals surface area contributed by atoms with Crippen LogP contribution >= 0.6 is 0 Å². The molecule has 1 aliphatic rings. The average molecular weight is 286 g/mol. The molecule has 0 radical (unpaired) electrons. The maximum Gasteiger partial charge on any atom is 0.224 e. The Kier molecular flexibility index (Phi) is 3.51. The van der Waals surface area contributed by atoms with Crippen LogP contribution in [0.5, 0.6) is 0 Å². The number of benzene rings is 1. The van der Waals surface area contributed by atoms with Gasteiger partial charge in [-0.1, -0.05) is 0 Å². The molecular formula is C15H15FN4O. The molecule has 5 nitrogen and oxygen atoms in total. The van der Waals surface area contributed by atoms with Crippen molar-refractivity contribution in [1.29, 1.82) is 0 Å². The van der Waals surface area contributed by atoms with E-state index in [1.807, 2.05) is 6.92 Å². The van der Waals surface area contributed by atoms with E-state index < -0.39 is 0 Å². The van der Waals surface area contributed by atoms with Crippen LogP contribution in [-0.4, -0.2) is 15.9 Å². The van der Waals surface area contributed by atoms with Gasteiger partial charge in [-0.15, -0.1) is 0 Å². The molecule has 0 bridgehead atoms. The number of aromatic nitrogens is 2. The zero-order valence-corrected chi connectivity index (χ0v) is 11.6. The van der Waals surface area contributed by atoms with Gasteiger partial charge in [-0.3, -0.25) is 14.8 Å². The second kappa shape index (κ2) is 5.47. The van der Waals surface area contributed by atoms with Gasteiger partial charge in [-0.2, -0.15) is 0 Å². The van der Waals surface area contributed by atoms with Gasteiger partial charge in [0.25, 0.3) is 0 Å². The third-order valence-corrected chi connectivity index (χ3v) is 3.49. The molecule has 1 amide bonds. The molecule has 21 heavy (non-hydrogen) atoms. The fourth-order valence-electron chi connectivity index (χ4n) is 2.35. The lowest BCUT2D eigenvalue weighted by Gasteiger charge is -2.20. The van der Waals surface area contributed by atoms with E-state index in [-0.39, 0.29) is 17.8 Å². The van der Waals surface area contributed by atoms with Gasteiger partial charge in [0.1, 0.15) is 5.82 Å². The van der Waals surface area contributed by atoms with Crippen molar-refractivity contribution in [3.05, 3.63) is 47.8 Å². The van der Waals surface area contributed by atoms with Crippen LogP contribution in [0.3, 0.4) is 0 Å². The lowest BCUT2D eigenvalue weighted by Crippen LogP contribution is -2.20. The minimum absolute atomic E-state index is 0.0398. The molecule has 0 spiro atoms. The Balaban J connectivity index is 1.86. The minimum Gasteiger partial charge on any atom is -0.374 e. The fourth-order valence-corrected chi connectivity index (χ4v) is 2.35. The molecule has 2 N–H and O–H groups in total. The lowest BCUT2D eigenvalue weighted by molar-refractivity contribution is -0.116. The van der Waals surface area contributed by atoms with Crippen molar-refractivity contribution in [2.24, 2.45) is 0 Å². The van der Waals surface area contributed by atoms with E-state index >= 15 is 0 Å². The normalized spacial score (nSPS) is 15.0. The van der Waals surface area contributed by atoms with Crippen molar-refractivity contribution in [2.45, 2.75) is 25.8 Å². The molecule has 0 saturated carbocycles. The average Bonchev–Trinajstić information content (AvgIpc) is 2.49. The van der Waals surface area contributed by atoms with Gasteiger partial charge in [0, 0.05) is 24.5 Å². The number of nitrogens with one attached hydrogen (secondary N) is 2. The molecule has 3 rings (SSSR count). The summed E-state index contributed by atoms with van der Waals surface area (Å²) in [5.74, 6) is -0.373. The van der Waals surface area contributed by atoms with Gasteiger partial charge >= 0.3 is 0 Å². The molecule has 1 aliphatic heterocycles. The Morgan fingerprint density at radius 1 is 1.33 bits per heavy atom. The zero-order valence-electron chi connectivity index (χ0n) is 11.6. The van der Waals surface area contributed by atoms with Crippen molar-refractivity contribution >= 4 is 17.3 Å². The monoisotopic (exact) mass is 286 g/mol. The second-order valence-corrected chi connectivity index (χ2v) is 5.03. The number of rotatable bonds is 3. The summed E-state index contributed by atoms with van der Waals surface area (Å²) in [6.45, 7) is 1.88. The number of hydrogen-bond donors (Lipinski definition) is 2. The quantitative estimate of drug-likeness (QED) is 0.910. The van der Waals surface area contributed by atoms with Gasteiger partial charge in [0.05, 0.1) is 23.6 Å². The van der Waals surface area contributed by atoms with E-state index in [2.05, 4.69) is 20.6 Å². The SMILES string of the molecule is CC(Nc1cc2c(cc1F)CCC(=O)N2)c1cnccn1. The van der Waals surface area contributed by atoms with E-state index in [1.165, 1.54) is 6.07 Å². The highest BCUT2D eigenvalue weighted by atomic mass is 19.1. The topological polar surface area (TPSA) is 66.9 Å². The molecule has 2 aromatic rings. The Hall–Kier alpha value is -2.50. The summed E-state index contributed by atoms with van der Waals surface area (Å²) in [5, 5.41) is 5.83. The predicted molar refractivity (Wildman–Crippen MR) is 77.4 cm³/mol. The molecule has 6 heteroatoms. The number of carbonyl (C=O) groups excluding carboxylic acids is 1. The number of amides is 1. The smallest absolute Gasteiger partial charge is 0.224 e. The molecular weight excluding hydrogens is 271 g/mol. The first-order valence-electron chi connectivity index (χ1n) is 6.78. The van der Waals surface area contributed by atoms with Gasteiger partial charge in [-0.25, -0.2) is 4.39 Å². The molecule has 0 aliphatic carbocycles. The molecule has 1 unspecified atom stereocenters. The maximum absolute atomic E-state index is 14.1. The molecule has 0 fully saturated rings. The lowest BCUT2D eigenvalue weighted by atomic mass is 10.0. The van der Waals surface area contributed by atoms with Crippen molar-refractivity contribution in [3.63, 3.8) is 0 Å². The van der Waals surface area contributed by atoms with Crippen molar-refractivity contribution in [3.8, 4) is 0 Å². The Labute approximate surface area is 121 Å². The molecule has 108 valence electrons. The van der Waals surface area contributed by atoms with E-state index in [1.54, 1.807) is 24.7 Å². The van der Waals surface area contributed by atoms with Crippen molar-refractivity contribution in [2.75, 3.05) is 10.6 Å². The number of halogens is 1.